The summed E-state index contributed by atoms with van der Waals surface area (Å²) in [5.74, 6) is -0.969. The molecule has 0 bridgehead atoms. The molecular formula is C10H11ClO2. The predicted molar refractivity (Wildman–Crippen MR) is 52.4 cm³/mol. The van der Waals surface area contributed by atoms with Crippen molar-refractivity contribution in [2.24, 2.45) is 0 Å². The summed E-state index contributed by atoms with van der Waals surface area (Å²) in [5, 5.41) is 9.15. The lowest BCUT2D eigenvalue weighted by Gasteiger charge is -2.04. The highest BCUT2D eigenvalue weighted by Gasteiger charge is 2.10. The molecule has 0 heterocycles. The summed E-state index contributed by atoms with van der Waals surface area (Å²) in [5.41, 5.74) is 1.09. The molecular weight excluding hydrogens is 188 g/mol. The van der Waals surface area contributed by atoms with Crippen LogP contribution in [0.5, 0.6) is 0 Å². The third kappa shape index (κ3) is 2.22. The van der Waals surface area contributed by atoms with Gasteiger partial charge in [0.1, 0.15) is 0 Å². The van der Waals surface area contributed by atoms with E-state index in [-0.39, 0.29) is 5.56 Å². The lowest BCUT2D eigenvalue weighted by Crippen LogP contribution is -1.99. The van der Waals surface area contributed by atoms with E-state index in [9.17, 15) is 4.79 Å². The zero-order valence-corrected chi connectivity index (χ0v) is 8.14. The Hall–Kier alpha value is -1.02. The van der Waals surface area contributed by atoms with Gasteiger partial charge >= 0.3 is 5.97 Å². The monoisotopic (exact) mass is 198 g/mol. The van der Waals surface area contributed by atoms with Gasteiger partial charge in [-0.1, -0.05) is 37.1 Å². The van der Waals surface area contributed by atoms with E-state index in [1.54, 1.807) is 6.07 Å². The van der Waals surface area contributed by atoms with E-state index in [2.05, 4.69) is 0 Å². The lowest BCUT2D eigenvalue weighted by molar-refractivity contribution is 0.0697. The molecule has 0 unspecified atom stereocenters. The summed E-state index contributed by atoms with van der Waals surface area (Å²) in [4.78, 5) is 10.7. The zero-order chi connectivity index (χ0) is 9.84. The van der Waals surface area contributed by atoms with Crippen molar-refractivity contribution < 1.29 is 9.90 Å². The molecule has 3 heteroatoms. The summed E-state index contributed by atoms with van der Waals surface area (Å²) in [6, 6.07) is 5.10. The molecule has 13 heavy (non-hydrogen) atoms. The summed E-state index contributed by atoms with van der Waals surface area (Å²) >= 11 is 5.90. The summed E-state index contributed by atoms with van der Waals surface area (Å²) in [6.07, 6.45) is 1.78. The standard InChI is InChI=1S/C10H11ClO2/c1-2-4-7-5-3-6-8(9(7)11)10(12)13/h3,5-6H,2,4H2,1H3,(H,12,13). The Kier molecular flexibility index (Phi) is 3.32. The van der Waals surface area contributed by atoms with Crippen molar-refractivity contribution >= 4 is 17.6 Å². The Bertz CT molecular complexity index is 321. The highest BCUT2D eigenvalue weighted by Crippen LogP contribution is 2.22. The van der Waals surface area contributed by atoms with Gasteiger partial charge in [-0.05, 0) is 18.1 Å². The van der Waals surface area contributed by atoms with Gasteiger partial charge in [0.15, 0.2) is 0 Å². The average Bonchev–Trinajstić information content (AvgIpc) is 2.08. The van der Waals surface area contributed by atoms with Crippen molar-refractivity contribution in [1.82, 2.24) is 0 Å². The van der Waals surface area contributed by atoms with Crippen molar-refractivity contribution in [3.05, 3.63) is 34.3 Å². The highest BCUT2D eigenvalue weighted by atomic mass is 35.5. The van der Waals surface area contributed by atoms with Crippen LogP contribution >= 0.6 is 11.6 Å². The molecule has 1 aromatic rings. The van der Waals surface area contributed by atoms with Crippen LogP contribution in [0.4, 0.5) is 0 Å². The number of hydrogen-bond acceptors (Lipinski definition) is 1. The van der Waals surface area contributed by atoms with Gasteiger partial charge in [0.25, 0.3) is 0 Å². The van der Waals surface area contributed by atoms with Crippen LogP contribution in [0.25, 0.3) is 0 Å². The van der Waals surface area contributed by atoms with Crippen LogP contribution in [-0.2, 0) is 6.42 Å². The Morgan fingerprint density at radius 2 is 2.23 bits per heavy atom. The average molecular weight is 199 g/mol. The maximum absolute atomic E-state index is 10.7. The minimum atomic E-state index is -0.969. The predicted octanol–water partition coefficient (Wildman–Crippen LogP) is 2.99. The van der Waals surface area contributed by atoms with Gasteiger partial charge in [-0.15, -0.1) is 0 Å². The number of aromatic carboxylic acids is 1. The van der Waals surface area contributed by atoms with Crippen molar-refractivity contribution in [2.75, 3.05) is 0 Å². The fourth-order valence-corrected chi connectivity index (χ4v) is 1.51. The van der Waals surface area contributed by atoms with E-state index in [0.29, 0.717) is 5.02 Å². The fraction of sp³-hybridized carbons (Fsp3) is 0.300. The van der Waals surface area contributed by atoms with E-state index in [0.717, 1.165) is 18.4 Å². The van der Waals surface area contributed by atoms with Crippen molar-refractivity contribution in [2.45, 2.75) is 19.8 Å². The third-order valence-electron chi connectivity index (χ3n) is 1.83. The number of aryl methyl sites for hydroxylation is 1. The fourth-order valence-electron chi connectivity index (χ4n) is 1.21. The largest absolute Gasteiger partial charge is 0.478 e. The molecule has 0 saturated heterocycles. The van der Waals surface area contributed by atoms with Gasteiger partial charge in [-0.25, -0.2) is 4.79 Å². The van der Waals surface area contributed by atoms with Crippen LogP contribution in [-0.4, -0.2) is 11.1 Å². The topological polar surface area (TPSA) is 37.3 Å². The second-order valence-corrected chi connectivity index (χ2v) is 3.21. The number of benzene rings is 1. The number of carbonyl (C=O) groups is 1. The normalized spacial score (nSPS) is 10.0. The molecule has 0 amide bonds. The first-order chi connectivity index (χ1) is 6.16. The van der Waals surface area contributed by atoms with Gasteiger partial charge in [0.2, 0.25) is 0 Å². The zero-order valence-electron chi connectivity index (χ0n) is 7.38. The Morgan fingerprint density at radius 3 is 2.77 bits per heavy atom. The molecule has 0 saturated carbocycles. The number of carboxylic acid groups (broad SMARTS) is 1. The molecule has 2 nitrogen and oxygen atoms in total. The first kappa shape index (κ1) is 10.1. The van der Waals surface area contributed by atoms with Gasteiger partial charge < -0.3 is 5.11 Å². The van der Waals surface area contributed by atoms with Crippen molar-refractivity contribution in [3.8, 4) is 0 Å². The molecule has 0 radical (unpaired) electrons. The molecule has 70 valence electrons. The smallest absolute Gasteiger partial charge is 0.337 e. The van der Waals surface area contributed by atoms with Gasteiger partial charge in [0.05, 0.1) is 10.6 Å². The molecule has 0 aliphatic heterocycles. The Labute approximate surface area is 82.2 Å². The summed E-state index contributed by atoms with van der Waals surface area (Å²) in [6.45, 7) is 2.03. The van der Waals surface area contributed by atoms with E-state index < -0.39 is 5.97 Å². The summed E-state index contributed by atoms with van der Waals surface area (Å²) < 4.78 is 0. The highest BCUT2D eigenvalue weighted by molar-refractivity contribution is 6.34. The second-order valence-electron chi connectivity index (χ2n) is 2.83. The van der Waals surface area contributed by atoms with Crippen LogP contribution < -0.4 is 0 Å². The van der Waals surface area contributed by atoms with Crippen molar-refractivity contribution in [3.63, 3.8) is 0 Å². The molecule has 0 atom stereocenters. The first-order valence-electron chi connectivity index (χ1n) is 4.17. The van der Waals surface area contributed by atoms with E-state index in [1.807, 2.05) is 13.0 Å². The molecule has 1 aromatic carbocycles. The maximum atomic E-state index is 10.7. The van der Waals surface area contributed by atoms with Crippen LogP contribution in [0.3, 0.4) is 0 Å². The molecule has 0 fully saturated rings. The van der Waals surface area contributed by atoms with E-state index >= 15 is 0 Å². The molecule has 0 aliphatic carbocycles. The Morgan fingerprint density at radius 1 is 1.54 bits per heavy atom. The van der Waals surface area contributed by atoms with Crippen LogP contribution in [0, 0.1) is 0 Å². The molecule has 1 rings (SSSR count). The first-order valence-corrected chi connectivity index (χ1v) is 4.55. The number of halogens is 1. The van der Waals surface area contributed by atoms with E-state index in [4.69, 9.17) is 16.7 Å². The van der Waals surface area contributed by atoms with Crippen LogP contribution in [0.1, 0.15) is 29.3 Å². The molecule has 0 aliphatic rings. The second kappa shape index (κ2) is 4.28. The quantitative estimate of drug-likeness (QED) is 0.811. The van der Waals surface area contributed by atoms with Crippen molar-refractivity contribution in [1.29, 1.82) is 0 Å². The molecule has 0 aromatic heterocycles. The number of carboxylic acids is 1. The van der Waals surface area contributed by atoms with Gasteiger partial charge in [0, 0.05) is 0 Å². The summed E-state index contributed by atoms with van der Waals surface area (Å²) in [7, 11) is 0. The molecule has 1 N–H and O–H groups in total. The molecule has 0 spiro atoms. The van der Waals surface area contributed by atoms with Gasteiger partial charge in [-0.2, -0.15) is 0 Å². The third-order valence-corrected chi connectivity index (χ3v) is 2.27. The minimum absolute atomic E-state index is 0.188. The van der Waals surface area contributed by atoms with Crippen LogP contribution in [0.15, 0.2) is 18.2 Å². The number of rotatable bonds is 3. The van der Waals surface area contributed by atoms with Crippen LogP contribution in [0.2, 0.25) is 5.02 Å². The maximum Gasteiger partial charge on any atom is 0.337 e. The van der Waals surface area contributed by atoms with E-state index in [1.165, 1.54) is 6.07 Å². The SMILES string of the molecule is CCCc1cccc(C(=O)O)c1Cl. The number of hydrogen-bond donors (Lipinski definition) is 1. The van der Waals surface area contributed by atoms with Gasteiger partial charge in [-0.3, -0.25) is 0 Å². The minimum Gasteiger partial charge on any atom is -0.478 e. The Balaban J connectivity index is 3.10. The lowest BCUT2D eigenvalue weighted by atomic mass is 10.1.